The molecule has 2 aromatic rings. The van der Waals surface area contributed by atoms with Gasteiger partial charge in [0.2, 0.25) is 0 Å². The molecule has 0 spiro atoms. The normalized spacial score (nSPS) is 10.9. The molecule has 1 heterocycles. The van der Waals surface area contributed by atoms with Gasteiger partial charge in [-0.15, -0.1) is 0 Å². The van der Waals surface area contributed by atoms with Crippen LogP contribution < -0.4 is 4.74 Å². The second-order valence-electron chi connectivity index (χ2n) is 4.79. The van der Waals surface area contributed by atoms with Gasteiger partial charge in [-0.05, 0) is 32.5 Å². The molecule has 0 N–H and O–H groups in total. The minimum Gasteiger partial charge on any atom is -0.492 e. The van der Waals surface area contributed by atoms with Crippen LogP contribution in [0.3, 0.4) is 0 Å². The minimum absolute atomic E-state index is 0.661. The average molecular weight is 260 g/mol. The van der Waals surface area contributed by atoms with Crippen LogP contribution >= 0.6 is 0 Å². The lowest BCUT2D eigenvalue weighted by molar-refractivity contribution is 0.215. The van der Waals surface area contributed by atoms with E-state index in [4.69, 9.17) is 9.26 Å². The van der Waals surface area contributed by atoms with Gasteiger partial charge in [-0.1, -0.05) is 23.4 Å². The Morgan fingerprint density at radius 1 is 1.26 bits per heavy atom. The van der Waals surface area contributed by atoms with Gasteiger partial charge in [0.25, 0.3) is 0 Å². The van der Waals surface area contributed by atoms with E-state index in [1.54, 1.807) is 0 Å². The third-order valence-corrected chi connectivity index (χ3v) is 2.93. The fourth-order valence-electron chi connectivity index (χ4n) is 1.87. The molecule has 0 radical (unpaired) electrons. The smallest absolute Gasteiger partial charge is 0.150 e. The Kier molecular flexibility index (Phi) is 4.58. The van der Waals surface area contributed by atoms with Crippen molar-refractivity contribution in [1.82, 2.24) is 10.1 Å². The highest BCUT2D eigenvalue weighted by Crippen LogP contribution is 2.15. The molecule has 4 nitrogen and oxygen atoms in total. The summed E-state index contributed by atoms with van der Waals surface area (Å²) in [5.41, 5.74) is 2.08. The number of benzene rings is 1. The van der Waals surface area contributed by atoms with Crippen LogP contribution in [0.5, 0.6) is 5.75 Å². The second kappa shape index (κ2) is 6.38. The maximum absolute atomic E-state index is 5.76. The summed E-state index contributed by atoms with van der Waals surface area (Å²) >= 11 is 0. The summed E-state index contributed by atoms with van der Waals surface area (Å²) in [6.07, 6.45) is 0. The van der Waals surface area contributed by atoms with E-state index >= 15 is 0 Å². The Bertz CT molecular complexity index is 522. The second-order valence-corrected chi connectivity index (χ2v) is 4.79. The molecular weight excluding hydrogens is 240 g/mol. The van der Waals surface area contributed by atoms with Crippen LogP contribution in [0, 0.1) is 13.8 Å². The number of ether oxygens (including phenoxy) is 1. The average Bonchev–Trinajstić information content (AvgIpc) is 2.77. The first-order valence-electron chi connectivity index (χ1n) is 6.44. The van der Waals surface area contributed by atoms with Crippen molar-refractivity contribution in [1.29, 1.82) is 0 Å². The van der Waals surface area contributed by atoms with Gasteiger partial charge in [0.05, 0.1) is 12.2 Å². The van der Waals surface area contributed by atoms with Gasteiger partial charge in [0, 0.05) is 12.6 Å². The number of aryl methyl sites for hydroxylation is 2. The van der Waals surface area contributed by atoms with Crippen molar-refractivity contribution in [2.24, 2.45) is 0 Å². The van der Waals surface area contributed by atoms with Crippen molar-refractivity contribution in [2.45, 2.75) is 20.4 Å². The van der Waals surface area contributed by atoms with E-state index in [9.17, 15) is 0 Å². The van der Waals surface area contributed by atoms with E-state index in [0.717, 1.165) is 35.9 Å². The first kappa shape index (κ1) is 13.6. The maximum Gasteiger partial charge on any atom is 0.150 e. The molecule has 0 saturated heterocycles. The lowest BCUT2D eigenvalue weighted by Gasteiger charge is -2.15. The van der Waals surface area contributed by atoms with Crippen LogP contribution in [-0.4, -0.2) is 30.3 Å². The zero-order valence-corrected chi connectivity index (χ0v) is 11.7. The molecule has 0 unspecified atom stereocenters. The van der Waals surface area contributed by atoms with Crippen LogP contribution in [0.1, 0.15) is 17.0 Å². The molecule has 19 heavy (non-hydrogen) atoms. The lowest BCUT2D eigenvalue weighted by Crippen LogP contribution is -2.23. The summed E-state index contributed by atoms with van der Waals surface area (Å²) < 4.78 is 10.9. The van der Waals surface area contributed by atoms with Crippen LogP contribution in [0.25, 0.3) is 0 Å². The fraction of sp³-hybridized carbons (Fsp3) is 0.400. The predicted molar refractivity (Wildman–Crippen MR) is 74.2 cm³/mol. The highest BCUT2D eigenvalue weighted by molar-refractivity contribution is 5.31. The maximum atomic E-state index is 5.76. The van der Waals surface area contributed by atoms with Gasteiger partial charge < -0.3 is 9.26 Å². The van der Waals surface area contributed by atoms with Gasteiger partial charge in [-0.3, -0.25) is 4.90 Å². The molecule has 0 aliphatic rings. The highest BCUT2D eigenvalue weighted by atomic mass is 16.5. The van der Waals surface area contributed by atoms with E-state index in [2.05, 4.69) is 23.0 Å². The minimum atomic E-state index is 0.661. The Hall–Kier alpha value is -1.81. The molecule has 0 aliphatic carbocycles. The van der Waals surface area contributed by atoms with Gasteiger partial charge >= 0.3 is 0 Å². The summed E-state index contributed by atoms with van der Waals surface area (Å²) in [6.45, 7) is 6.23. The highest BCUT2D eigenvalue weighted by Gasteiger charge is 2.05. The molecule has 0 aliphatic heterocycles. The van der Waals surface area contributed by atoms with Gasteiger partial charge in [-0.25, -0.2) is 0 Å². The standard InChI is InChI=1S/C15H20N2O2/c1-12-6-4-5-7-15(12)18-9-8-17(3)11-14-10-13(2)16-19-14/h4-7,10H,8-9,11H2,1-3H3. The third kappa shape index (κ3) is 4.10. The van der Waals surface area contributed by atoms with E-state index in [1.165, 1.54) is 0 Å². The first-order chi connectivity index (χ1) is 9.15. The quantitative estimate of drug-likeness (QED) is 0.800. The van der Waals surface area contributed by atoms with E-state index in [1.807, 2.05) is 38.2 Å². The lowest BCUT2D eigenvalue weighted by atomic mass is 10.2. The van der Waals surface area contributed by atoms with Crippen LogP contribution in [0.2, 0.25) is 0 Å². The zero-order valence-electron chi connectivity index (χ0n) is 11.7. The number of nitrogens with zero attached hydrogens (tertiary/aromatic N) is 2. The van der Waals surface area contributed by atoms with Gasteiger partial charge in [-0.2, -0.15) is 0 Å². The number of rotatable bonds is 6. The molecular formula is C15H20N2O2. The molecule has 0 amide bonds. The van der Waals surface area contributed by atoms with Crippen molar-refractivity contribution < 1.29 is 9.26 Å². The summed E-state index contributed by atoms with van der Waals surface area (Å²) in [4.78, 5) is 2.15. The van der Waals surface area contributed by atoms with E-state index in [-0.39, 0.29) is 0 Å². The number of hydrogen-bond acceptors (Lipinski definition) is 4. The Labute approximate surface area is 114 Å². The van der Waals surface area contributed by atoms with Gasteiger partial charge in [0.1, 0.15) is 12.4 Å². The monoisotopic (exact) mass is 260 g/mol. The first-order valence-corrected chi connectivity index (χ1v) is 6.44. The molecule has 0 bridgehead atoms. The summed E-state index contributed by atoms with van der Waals surface area (Å²) in [6, 6.07) is 10.0. The Balaban J connectivity index is 1.75. The number of para-hydroxylation sites is 1. The summed E-state index contributed by atoms with van der Waals surface area (Å²) in [5, 5.41) is 3.88. The van der Waals surface area contributed by atoms with Crippen molar-refractivity contribution >= 4 is 0 Å². The SMILES string of the molecule is Cc1cc(CN(C)CCOc2ccccc2C)on1. The number of hydrogen-bond donors (Lipinski definition) is 0. The summed E-state index contributed by atoms with van der Waals surface area (Å²) in [7, 11) is 2.04. The predicted octanol–water partition coefficient (Wildman–Crippen LogP) is 2.80. The Morgan fingerprint density at radius 3 is 2.74 bits per heavy atom. The van der Waals surface area contributed by atoms with Gasteiger partial charge in [0.15, 0.2) is 5.76 Å². The van der Waals surface area contributed by atoms with Crippen molar-refractivity contribution in [3.8, 4) is 5.75 Å². The van der Waals surface area contributed by atoms with Crippen LogP contribution in [-0.2, 0) is 6.54 Å². The number of aromatic nitrogens is 1. The zero-order chi connectivity index (χ0) is 13.7. The van der Waals surface area contributed by atoms with E-state index in [0.29, 0.717) is 6.61 Å². The third-order valence-electron chi connectivity index (χ3n) is 2.93. The molecule has 4 heteroatoms. The molecule has 0 fully saturated rings. The molecule has 1 aromatic heterocycles. The van der Waals surface area contributed by atoms with Crippen LogP contribution in [0.4, 0.5) is 0 Å². The summed E-state index contributed by atoms with van der Waals surface area (Å²) in [5.74, 6) is 1.84. The molecule has 102 valence electrons. The number of likely N-dealkylation sites (N-methyl/N-ethyl adjacent to an activating group) is 1. The molecule has 0 atom stereocenters. The van der Waals surface area contributed by atoms with Crippen molar-refractivity contribution in [3.63, 3.8) is 0 Å². The molecule has 1 aromatic carbocycles. The molecule has 0 saturated carbocycles. The van der Waals surface area contributed by atoms with Crippen molar-refractivity contribution in [2.75, 3.05) is 20.2 Å². The van der Waals surface area contributed by atoms with E-state index < -0.39 is 0 Å². The molecule has 2 rings (SSSR count). The van der Waals surface area contributed by atoms with Crippen LogP contribution in [0.15, 0.2) is 34.9 Å². The fourth-order valence-corrected chi connectivity index (χ4v) is 1.87. The largest absolute Gasteiger partial charge is 0.492 e. The van der Waals surface area contributed by atoms with Crippen molar-refractivity contribution in [3.05, 3.63) is 47.3 Å². The Morgan fingerprint density at radius 2 is 2.05 bits per heavy atom. The topological polar surface area (TPSA) is 38.5 Å².